The highest BCUT2D eigenvalue weighted by molar-refractivity contribution is 6.46. The summed E-state index contributed by atoms with van der Waals surface area (Å²) in [5.41, 5.74) is 0.916. The van der Waals surface area contributed by atoms with Crippen molar-refractivity contribution in [3.63, 3.8) is 0 Å². The number of likely N-dealkylation sites (tertiary alicyclic amines) is 1. The van der Waals surface area contributed by atoms with E-state index >= 15 is 0 Å². The topological polar surface area (TPSA) is 90.7 Å². The largest absolute Gasteiger partial charge is 0.507 e. The van der Waals surface area contributed by atoms with Crippen LogP contribution in [0, 0.1) is 0 Å². The third-order valence-corrected chi connectivity index (χ3v) is 4.25. The standard InChI is InChI=1S/C18H15ClN2O4/c19-13-5-3-11(4-6-13)16(23)14-15(12-2-1-7-20-10-12)21(8-9-22)18(25)17(14)24/h1-7,10,15,22-23H,8-9H2/b16-14+. The van der Waals surface area contributed by atoms with Crippen LogP contribution in [-0.2, 0) is 9.59 Å². The third-order valence-electron chi connectivity index (χ3n) is 4.00. The Kier molecular flexibility index (Phi) is 4.83. The Morgan fingerprint density at radius 1 is 1.20 bits per heavy atom. The van der Waals surface area contributed by atoms with E-state index in [2.05, 4.69) is 4.98 Å². The van der Waals surface area contributed by atoms with Gasteiger partial charge in [0.25, 0.3) is 11.7 Å². The van der Waals surface area contributed by atoms with Gasteiger partial charge in [-0.2, -0.15) is 0 Å². The molecule has 0 saturated carbocycles. The Hall–Kier alpha value is -2.70. The molecule has 1 aromatic heterocycles. The van der Waals surface area contributed by atoms with Crippen LogP contribution in [0.3, 0.4) is 0 Å². The number of β-amino-alcohol motifs (C(OH)–C–C–N with tert-alkyl or cyclic N) is 1. The zero-order chi connectivity index (χ0) is 18.0. The molecule has 0 bridgehead atoms. The molecule has 1 aromatic carbocycles. The van der Waals surface area contributed by atoms with Crippen LogP contribution in [0.4, 0.5) is 0 Å². The van der Waals surface area contributed by atoms with Gasteiger partial charge < -0.3 is 15.1 Å². The molecule has 1 fully saturated rings. The Bertz CT molecular complexity index is 834. The maximum atomic E-state index is 12.5. The Morgan fingerprint density at radius 3 is 2.52 bits per heavy atom. The molecule has 2 aromatic rings. The van der Waals surface area contributed by atoms with Crippen molar-refractivity contribution in [2.45, 2.75) is 6.04 Å². The molecule has 0 aliphatic carbocycles. The van der Waals surface area contributed by atoms with Gasteiger partial charge in [0.05, 0.1) is 18.2 Å². The highest BCUT2D eigenvalue weighted by Gasteiger charge is 2.45. The van der Waals surface area contributed by atoms with Crippen LogP contribution in [0.2, 0.25) is 5.02 Å². The number of carbonyl (C=O) groups is 2. The summed E-state index contributed by atoms with van der Waals surface area (Å²) in [4.78, 5) is 30.1. The number of amides is 1. The number of rotatable bonds is 4. The van der Waals surface area contributed by atoms with Gasteiger partial charge in [-0.3, -0.25) is 14.6 Å². The van der Waals surface area contributed by atoms with Gasteiger partial charge in [0.15, 0.2) is 0 Å². The molecule has 1 saturated heterocycles. The first kappa shape index (κ1) is 17.1. The number of aliphatic hydroxyl groups is 2. The summed E-state index contributed by atoms with van der Waals surface area (Å²) in [7, 11) is 0. The quantitative estimate of drug-likeness (QED) is 0.496. The van der Waals surface area contributed by atoms with Crippen molar-refractivity contribution >= 4 is 29.1 Å². The number of nitrogens with zero attached hydrogens (tertiary/aromatic N) is 2. The molecule has 0 spiro atoms. The van der Waals surface area contributed by atoms with E-state index < -0.39 is 17.7 Å². The van der Waals surface area contributed by atoms with Crippen LogP contribution in [-0.4, -0.2) is 44.9 Å². The normalized spacial score (nSPS) is 19.4. The second-order valence-electron chi connectivity index (χ2n) is 5.51. The fraction of sp³-hybridized carbons (Fsp3) is 0.167. The van der Waals surface area contributed by atoms with Crippen molar-refractivity contribution < 1.29 is 19.8 Å². The van der Waals surface area contributed by atoms with Crippen molar-refractivity contribution in [3.05, 3.63) is 70.5 Å². The molecular weight excluding hydrogens is 344 g/mol. The molecule has 2 N–H and O–H groups in total. The lowest BCUT2D eigenvalue weighted by Gasteiger charge is -2.24. The number of Topliss-reactive ketones (excluding diaryl/α,β-unsaturated/α-hetero) is 1. The lowest BCUT2D eigenvalue weighted by atomic mass is 9.96. The maximum Gasteiger partial charge on any atom is 0.295 e. The van der Waals surface area contributed by atoms with Crippen LogP contribution < -0.4 is 0 Å². The lowest BCUT2D eigenvalue weighted by molar-refractivity contribution is -0.140. The minimum atomic E-state index is -0.809. The lowest BCUT2D eigenvalue weighted by Crippen LogP contribution is -2.32. The molecule has 1 aliphatic heterocycles. The van der Waals surface area contributed by atoms with Crippen LogP contribution >= 0.6 is 11.6 Å². The molecule has 128 valence electrons. The van der Waals surface area contributed by atoms with Gasteiger partial charge in [-0.25, -0.2) is 0 Å². The molecule has 6 nitrogen and oxygen atoms in total. The summed E-state index contributed by atoms with van der Waals surface area (Å²) in [6.07, 6.45) is 3.09. The molecule has 25 heavy (non-hydrogen) atoms. The molecule has 7 heteroatoms. The van der Waals surface area contributed by atoms with Gasteiger partial charge in [0, 0.05) is 29.5 Å². The summed E-state index contributed by atoms with van der Waals surface area (Å²) in [6, 6.07) is 8.88. The monoisotopic (exact) mass is 358 g/mol. The average Bonchev–Trinajstić information content (AvgIpc) is 2.88. The molecule has 3 rings (SSSR count). The van der Waals surface area contributed by atoms with E-state index in [-0.39, 0.29) is 24.5 Å². The fourth-order valence-electron chi connectivity index (χ4n) is 2.87. The maximum absolute atomic E-state index is 12.5. The van der Waals surface area contributed by atoms with Crippen LogP contribution in [0.5, 0.6) is 0 Å². The highest BCUT2D eigenvalue weighted by atomic mass is 35.5. The number of ketones is 1. The van der Waals surface area contributed by atoms with Gasteiger partial charge in [0.2, 0.25) is 0 Å². The third kappa shape index (κ3) is 3.14. The fourth-order valence-corrected chi connectivity index (χ4v) is 2.99. The van der Waals surface area contributed by atoms with E-state index in [1.807, 2.05) is 0 Å². The van der Waals surface area contributed by atoms with Crippen molar-refractivity contribution in [1.82, 2.24) is 9.88 Å². The van der Waals surface area contributed by atoms with E-state index in [4.69, 9.17) is 11.6 Å². The number of aromatic nitrogens is 1. The minimum absolute atomic E-state index is 0.0263. The zero-order valence-corrected chi connectivity index (χ0v) is 13.8. The predicted molar refractivity (Wildman–Crippen MR) is 91.8 cm³/mol. The molecule has 1 unspecified atom stereocenters. The summed E-state index contributed by atoms with van der Waals surface area (Å²) in [6.45, 7) is -0.327. The van der Waals surface area contributed by atoms with Crippen molar-refractivity contribution in [3.8, 4) is 0 Å². The summed E-state index contributed by atoms with van der Waals surface area (Å²) in [5.74, 6) is -1.85. The van der Waals surface area contributed by atoms with E-state index in [1.54, 1.807) is 42.6 Å². The van der Waals surface area contributed by atoms with Gasteiger partial charge in [-0.1, -0.05) is 17.7 Å². The van der Waals surface area contributed by atoms with Gasteiger partial charge in [0.1, 0.15) is 5.76 Å². The molecule has 1 amide bonds. The average molecular weight is 359 g/mol. The van der Waals surface area contributed by atoms with E-state index in [1.165, 1.54) is 11.1 Å². The molecular formula is C18H15ClN2O4. The Balaban J connectivity index is 2.17. The molecule has 0 radical (unpaired) electrons. The predicted octanol–water partition coefficient (Wildman–Crippen LogP) is 2.15. The molecule has 1 atom stereocenters. The van der Waals surface area contributed by atoms with E-state index in [0.717, 1.165) is 0 Å². The minimum Gasteiger partial charge on any atom is -0.507 e. The first-order valence-electron chi connectivity index (χ1n) is 7.59. The van der Waals surface area contributed by atoms with Crippen molar-refractivity contribution in [2.24, 2.45) is 0 Å². The molecule has 1 aliphatic rings. The number of halogens is 1. The Morgan fingerprint density at radius 2 is 1.92 bits per heavy atom. The van der Waals surface area contributed by atoms with Gasteiger partial charge >= 0.3 is 0 Å². The summed E-state index contributed by atoms with van der Waals surface area (Å²) >= 11 is 5.85. The van der Waals surface area contributed by atoms with Crippen LogP contribution in [0.25, 0.3) is 5.76 Å². The van der Waals surface area contributed by atoms with Crippen molar-refractivity contribution in [1.29, 1.82) is 0 Å². The highest BCUT2D eigenvalue weighted by Crippen LogP contribution is 2.38. The first-order valence-corrected chi connectivity index (χ1v) is 7.97. The van der Waals surface area contributed by atoms with E-state index in [0.29, 0.717) is 16.1 Å². The van der Waals surface area contributed by atoms with Crippen LogP contribution in [0.15, 0.2) is 54.4 Å². The van der Waals surface area contributed by atoms with Crippen molar-refractivity contribution in [2.75, 3.05) is 13.2 Å². The summed E-state index contributed by atoms with van der Waals surface area (Å²) in [5, 5.41) is 20.4. The van der Waals surface area contributed by atoms with Crippen LogP contribution in [0.1, 0.15) is 17.2 Å². The SMILES string of the molecule is O=C1C(=O)N(CCO)C(c2cccnc2)/C1=C(\O)c1ccc(Cl)cc1. The number of carbonyl (C=O) groups excluding carboxylic acids is 2. The van der Waals surface area contributed by atoms with E-state index in [9.17, 15) is 19.8 Å². The second kappa shape index (κ2) is 7.04. The number of hydrogen-bond acceptors (Lipinski definition) is 5. The number of aliphatic hydroxyl groups excluding tert-OH is 2. The second-order valence-corrected chi connectivity index (χ2v) is 5.95. The molecule has 2 heterocycles. The van der Waals surface area contributed by atoms with Gasteiger partial charge in [-0.15, -0.1) is 0 Å². The number of benzene rings is 1. The van der Waals surface area contributed by atoms with Gasteiger partial charge in [-0.05, 0) is 35.9 Å². The Labute approximate surface area is 149 Å². The number of pyridine rings is 1. The zero-order valence-electron chi connectivity index (χ0n) is 13.1. The summed E-state index contributed by atoms with van der Waals surface area (Å²) < 4.78 is 0. The smallest absolute Gasteiger partial charge is 0.295 e. The number of hydrogen-bond donors (Lipinski definition) is 2. The first-order chi connectivity index (χ1) is 12.0.